The summed E-state index contributed by atoms with van der Waals surface area (Å²) in [7, 11) is 0. The highest BCUT2D eigenvalue weighted by atomic mass is 16.6. The van der Waals surface area contributed by atoms with E-state index >= 15 is 0 Å². The van der Waals surface area contributed by atoms with Gasteiger partial charge in [-0.05, 0) is 109 Å². The predicted molar refractivity (Wildman–Crippen MR) is 353 cm³/mol. The van der Waals surface area contributed by atoms with Gasteiger partial charge in [0.05, 0.1) is 0 Å². The molecule has 0 aromatic carbocycles. The number of carbonyl (C=O) groups excluding carboxylic acids is 3. The van der Waals surface area contributed by atoms with Crippen molar-refractivity contribution in [3.8, 4) is 0 Å². The van der Waals surface area contributed by atoms with Crippen molar-refractivity contribution in [3.63, 3.8) is 0 Å². The number of unbranched alkanes of at least 4 members (excludes halogenated alkanes) is 30. The monoisotopic (exact) mass is 1120 g/mol. The molecular weight excluding hydrogens is 997 g/mol. The average Bonchev–Trinajstić information content (AvgIpc) is 3.47. The fourth-order valence-electron chi connectivity index (χ4n) is 9.44. The Morgan fingerprint density at radius 2 is 0.481 bits per heavy atom. The van der Waals surface area contributed by atoms with Gasteiger partial charge in [-0.3, -0.25) is 14.4 Å². The molecule has 6 heteroatoms. The first-order valence-corrected chi connectivity index (χ1v) is 34.0. The summed E-state index contributed by atoms with van der Waals surface area (Å²) in [5.41, 5.74) is 0. The molecule has 0 fully saturated rings. The van der Waals surface area contributed by atoms with Gasteiger partial charge in [-0.1, -0.05) is 309 Å². The number of ether oxygens (including phenoxy) is 3. The summed E-state index contributed by atoms with van der Waals surface area (Å²) in [6.07, 6.45) is 94.9. The van der Waals surface area contributed by atoms with Crippen LogP contribution in [0, 0.1) is 0 Å². The third-order valence-electron chi connectivity index (χ3n) is 14.5. The molecule has 0 aliphatic rings. The van der Waals surface area contributed by atoms with Crippen LogP contribution < -0.4 is 0 Å². The molecule has 0 aliphatic heterocycles. The van der Waals surface area contributed by atoms with Crippen LogP contribution in [0.2, 0.25) is 0 Å². The Labute approximate surface area is 501 Å². The summed E-state index contributed by atoms with van der Waals surface area (Å²) < 4.78 is 17.0. The Balaban J connectivity index is 4.46. The van der Waals surface area contributed by atoms with Crippen LogP contribution in [0.25, 0.3) is 0 Å². The molecule has 1 atom stereocenters. The van der Waals surface area contributed by atoms with Gasteiger partial charge in [0.1, 0.15) is 13.2 Å². The Bertz CT molecular complexity index is 1670. The molecule has 0 radical (unpaired) electrons. The smallest absolute Gasteiger partial charge is 0.306 e. The lowest BCUT2D eigenvalue weighted by molar-refractivity contribution is -0.167. The third-order valence-corrected chi connectivity index (χ3v) is 14.5. The minimum absolute atomic E-state index is 0.0925. The van der Waals surface area contributed by atoms with E-state index in [1.165, 1.54) is 116 Å². The van der Waals surface area contributed by atoms with Crippen molar-refractivity contribution >= 4 is 17.9 Å². The summed E-state index contributed by atoms with van der Waals surface area (Å²) in [6, 6.07) is 0. The molecule has 6 nitrogen and oxygen atoms in total. The molecule has 1 unspecified atom stereocenters. The van der Waals surface area contributed by atoms with Crippen molar-refractivity contribution < 1.29 is 28.6 Å². The zero-order chi connectivity index (χ0) is 58.5. The average molecular weight is 1120 g/mol. The number of carbonyl (C=O) groups is 3. The molecule has 0 saturated carbocycles. The maximum atomic E-state index is 13.0. The quantitative estimate of drug-likeness (QED) is 0.0261. The predicted octanol–water partition coefficient (Wildman–Crippen LogP) is 23.6. The molecule has 0 amide bonds. The Hall–Kier alpha value is -4.19. The number of rotatable bonds is 61. The fraction of sp³-hybridized carbons (Fsp3) is 0.693. The number of allylic oxidation sites excluding steroid dienone is 20. The largest absolute Gasteiger partial charge is 0.462 e. The minimum Gasteiger partial charge on any atom is -0.462 e. The molecule has 0 N–H and O–H groups in total. The van der Waals surface area contributed by atoms with Crippen molar-refractivity contribution in [2.45, 2.75) is 322 Å². The highest BCUT2D eigenvalue weighted by molar-refractivity contribution is 5.71. The molecule has 0 heterocycles. The van der Waals surface area contributed by atoms with Gasteiger partial charge in [-0.25, -0.2) is 0 Å². The van der Waals surface area contributed by atoms with Gasteiger partial charge < -0.3 is 14.2 Å². The maximum absolute atomic E-state index is 13.0. The Kier molecular flexibility index (Phi) is 64.8. The molecule has 0 aromatic heterocycles. The number of hydrogen-bond donors (Lipinski definition) is 0. The van der Waals surface area contributed by atoms with Crippen LogP contribution in [-0.2, 0) is 28.6 Å². The zero-order valence-electron chi connectivity index (χ0n) is 53.0. The van der Waals surface area contributed by atoms with Crippen LogP contribution in [0.1, 0.15) is 316 Å². The standard InChI is InChI=1S/C75H126O6/c1-4-7-10-13-16-19-22-25-28-31-34-37-40-43-46-49-52-55-58-61-64-67-73(76)79-70-72(81-75(78)69-66-63-60-57-54-51-48-45-42-39-36-33-30-27-24-21-18-15-12-9-6-3)71-80-74(77)68-65-62-59-56-53-50-47-44-41-38-35-32-29-26-23-20-17-14-11-8-5-2/h7,9-10,12,16,18-19,21,25,27-28,30,34,36-37,39,43,45-46,48,72H,4-6,8,11,13-15,17,20,22-24,26,29,31-33,35,38,40-42,44,47,49-71H2,1-3H3/b10-7-,12-9-,19-16-,21-18-,28-25-,30-27-,37-34-,39-36-,46-43-,48-45-. The molecule has 0 spiro atoms. The highest BCUT2D eigenvalue weighted by Gasteiger charge is 2.19. The van der Waals surface area contributed by atoms with Gasteiger partial charge in [-0.2, -0.15) is 0 Å². The van der Waals surface area contributed by atoms with Gasteiger partial charge in [0, 0.05) is 19.3 Å². The van der Waals surface area contributed by atoms with Gasteiger partial charge in [0.15, 0.2) is 6.10 Å². The van der Waals surface area contributed by atoms with Crippen molar-refractivity contribution in [3.05, 3.63) is 122 Å². The van der Waals surface area contributed by atoms with Crippen molar-refractivity contribution in [2.75, 3.05) is 13.2 Å². The topological polar surface area (TPSA) is 78.9 Å². The second-order valence-corrected chi connectivity index (χ2v) is 22.3. The summed E-state index contributed by atoms with van der Waals surface area (Å²) >= 11 is 0. The molecule has 0 aliphatic carbocycles. The van der Waals surface area contributed by atoms with E-state index in [1.54, 1.807) is 0 Å². The SMILES string of the molecule is CC/C=C\C/C=C\C/C=C\C/C=C\C/C=C\CCCCCCCC(=O)OCC(COC(=O)CCCCCCCCCCCCCCCCCCCCCCC)OC(=O)CCCCCCC/C=C\C/C=C\C/C=C\C/C=C\C/C=C\CC. The van der Waals surface area contributed by atoms with Crippen LogP contribution in [0.15, 0.2) is 122 Å². The van der Waals surface area contributed by atoms with E-state index in [0.717, 1.165) is 161 Å². The maximum Gasteiger partial charge on any atom is 0.306 e. The first-order chi connectivity index (χ1) is 40.0. The van der Waals surface area contributed by atoms with Crippen LogP contribution >= 0.6 is 0 Å². The zero-order valence-corrected chi connectivity index (χ0v) is 53.0. The van der Waals surface area contributed by atoms with Crippen molar-refractivity contribution in [1.29, 1.82) is 0 Å². The molecule has 0 rings (SSSR count). The van der Waals surface area contributed by atoms with Crippen LogP contribution in [0.4, 0.5) is 0 Å². The van der Waals surface area contributed by atoms with E-state index in [9.17, 15) is 14.4 Å². The molecule has 81 heavy (non-hydrogen) atoms. The van der Waals surface area contributed by atoms with E-state index in [2.05, 4.69) is 142 Å². The van der Waals surface area contributed by atoms with E-state index in [-0.39, 0.29) is 31.1 Å². The fourth-order valence-corrected chi connectivity index (χ4v) is 9.44. The van der Waals surface area contributed by atoms with Crippen molar-refractivity contribution in [1.82, 2.24) is 0 Å². The van der Waals surface area contributed by atoms with E-state index in [0.29, 0.717) is 19.3 Å². The van der Waals surface area contributed by atoms with Crippen LogP contribution in [0.3, 0.4) is 0 Å². The first kappa shape index (κ1) is 76.8. The number of esters is 3. The molecular formula is C75H126O6. The Morgan fingerprint density at radius 3 is 0.753 bits per heavy atom. The summed E-state index contributed by atoms with van der Waals surface area (Å²) in [6.45, 7) is 6.42. The van der Waals surface area contributed by atoms with Gasteiger partial charge in [0.2, 0.25) is 0 Å². The molecule has 462 valence electrons. The second kappa shape index (κ2) is 68.3. The minimum atomic E-state index is -0.801. The lowest BCUT2D eigenvalue weighted by Gasteiger charge is -2.18. The number of hydrogen-bond acceptors (Lipinski definition) is 6. The normalized spacial score (nSPS) is 12.9. The third kappa shape index (κ3) is 66.5. The van der Waals surface area contributed by atoms with E-state index in [4.69, 9.17) is 14.2 Å². The second-order valence-electron chi connectivity index (χ2n) is 22.3. The molecule has 0 bridgehead atoms. The lowest BCUT2D eigenvalue weighted by Crippen LogP contribution is -2.30. The molecule has 0 aromatic rings. The summed E-state index contributed by atoms with van der Waals surface area (Å²) in [4.78, 5) is 38.5. The first-order valence-electron chi connectivity index (χ1n) is 34.0. The van der Waals surface area contributed by atoms with E-state index < -0.39 is 6.10 Å². The Morgan fingerprint density at radius 1 is 0.259 bits per heavy atom. The van der Waals surface area contributed by atoms with Gasteiger partial charge in [-0.15, -0.1) is 0 Å². The summed E-state index contributed by atoms with van der Waals surface area (Å²) in [5.74, 6) is -0.920. The summed E-state index contributed by atoms with van der Waals surface area (Å²) in [5, 5.41) is 0. The van der Waals surface area contributed by atoms with Gasteiger partial charge >= 0.3 is 17.9 Å². The van der Waals surface area contributed by atoms with Crippen molar-refractivity contribution in [2.24, 2.45) is 0 Å². The van der Waals surface area contributed by atoms with Crippen LogP contribution in [-0.4, -0.2) is 37.2 Å². The lowest BCUT2D eigenvalue weighted by atomic mass is 10.0. The van der Waals surface area contributed by atoms with Gasteiger partial charge in [0.25, 0.3) is 0 Å². The van der Waals surface area contributed by atoms with E-state index in [1.807, 2.05) is 0 Å². The molecule has 0 saturated heterocycles. The highest BCUT2D eigenvalue weighted by Crippen LogP contribution is 2.17. The van der Waals surface area contributed by atoms with Crippen LogP contribution in [0.5, 0.6) is 0 Å².